The minimum atomic E-state index is -0.326. The molecule has 0 spiro atoms. The molecule has 1 aromatic heterocycles. The molecule has 3 nitrogen and oxygen atoms in total. The van der Waals surface area contributed by atoms with E-state index in [0.29, 0.717) is 0 Å². The Morgan fingerprint density at radius 2 is 2.14 bits per heavy atom. The van der Waals surface area contributed by atoms with Crippen LogP contribution in [-0.4, -0.2) is 9.97 Å². The summed E-state index contributed by atoms with van der Waals surface area (Å²) >= 11 is 0. The highest BCUT2D eigenvalue weighted by molar-refractivity contribution is 5.27. The van der Waals surface area contributed by atoms with E-state index in [1.807, 2.05) is 13.0 Å². The summed E-state index contributed by atoms with van der Waals surface area (Å²) in [6, 6.07) is 4.31. The number of aryl methyl sites for hydroxylation is 1. The van der Waals surface area contributed by atoms with Gasteiger partial charge < -0.3 is 0 Å². The minimum Gasteiger partial charge on any atom is -0.242 e. The molecule has 3 heteroatoms. The number of aromatic nitrogens is 2. The van der Waals surface area contributed by atoms with Crippen LogP contribution in [0.2, 0.25) is 0 Å². The van der Waals surface area contributed by atoms with Gasteiger partial charge in [-0.1, -0.05) is 12.8 Å². The van der Waals surface area contributed by atoms with Crippen LogP contribution in [-0.2, 0) is 5.41 Å². The van der Waals surface area contributed by atoms with E-state index >= 15 is 0 Å². The molecule has 0 radical (unpaired) electrons. The first-order valence-corrected chi connectivity index (χ1v) is 4.98. The first-order chi connectivity index (χ1) is 6.77. The Labute approximate surface area is 83.8 Å². The molecule has 0 atom stereocenters. The predicted octanol–water partition coefficient (Wildman–Crippen LogP) is 2.12. The molecule has 0 unspecified atom stereocenters. The van der Waals surface area contributed by atoms with Gasteiger partial charge in [-0.25, -0.2) is 9.97 Å². The van der Waals surface area contributed by atoms with Crippen molar-refractivity contribution in [3.63, 3.8) is 0 Å². The fourth-order valence-electron chi connectivity index (χ4n) is 2.13. The fourth-order valence-corrected chi connectivity index (χ4v) is 2.13. The average molecular weight is 187 g/mol. The summed E-state index contributed by atoms with van der Waals surface area (Å²) in [4.78, 5) is 8.42. The van der Waals surface area contributed by atoms with E-state index in [0.717, 1.165) is 37.2 Å². The van der Waals surface area contributed by atoms with Gasteiger partial charge in [-0.2, -0.15) is 5.26 Å². The van der Waals surface area contributed by atoms with E-state index < -0.39 is 0 Å². The van der Waals surface area contributed by atoms with E-state index in [1.165, 1.54) is 0 Å². The van der Waals surface area contributed by atoms with Crippen LogP contribution in [0, 0.1) is 18.3 Å². The largest absolute Gasteiger partial charge is 0.242 e. The van der Waals surface area contributed by atoms with E-state index in [-0.39, 0.29) is 5.41 Å². The van der Waals surface area contributed by atoms with E-state index in [4.69, 9.17) is 0 Å². The molecule has 0 saturated heterocycles. The maximum atomic E-state index is 9.25. The third kappa shape index (κ3) is 1.37. The van der Waals surface area contributed by atoms with Crippen molar-refractivity contribution >= 4 is 0 Å². The zero-order chi connectivity index (χ0) is 10.0. The van der Waals surface area contributed by atoms with Crippen LogP contribution in [0.25, 0.3) is 0 Å². The molecular formula is C11H13N3. The topological polar surface area (TPSA) is 49.6 Å². The highest BCUT2D eigenvalue weighted by Crippen LogP contribution is 2.39. The van der Waals surface area contributed by atoms with E-state index in [2.05, 4.69) is 16.0 Å². The SMILES string of the molecule is Cc1nccc(C2(C#N)CCCC2)n1. The second-order valence-corrected chi connectivity index (χ2v) is 3.89. The maximum absolute atomic E-state index is 9.25. The fraction of sp³-hybridized carbons (Fsp3) is 0.545. The Balaban J connectivity index is 2.42. The van der Waals surface area contributed by atoms with Crippen LogP contribution in [0.4, 0.5) is 0 Å². The molecule has 0 aromatic carbocycles. The Hall–Kier alpha value is -1.43. The zero-order valence-corrected chi connectivity index (χ0v) is 8.32. The first-order valence-electron chi connectivity index (χ1n) is 4.98. The summed E-state index contributed by atoms with van der Waals surface area (Å²) in [5, 5.41) is 9.25. The van der Waals surface area contributed by atoms with Gasteiger partial charge >= 0.3 is 0 Å². The van der Waals surface area contributed by atoms with Crippen molar-refractivity contribution in [2.45, 2.75) is 38.0 Å². The molecule has 1 aliphatic carbocycles. The second-order valence-electron chi connectivity index (χ2n) is 3.89. The van der Waals surface area contributed by atoms with Crippen molar-refractivity contribution in [2.24, 2.45) is 0 Å². The van der Waals surface area contributed by atoms with Crippen molar-refractivity contribution in [3.8, 4) is 6.07 Å². The highest BCUT2D eigenvalue weighted by Gasteiger charge is 2.37. The molecule has 2 rings (SSSR count). The van der Waals surface area contributed by atoms with Crippen LogP contribution in [0.5, 0.6) is 0 Å². The van der Waals surface area contributed by atoms with Crippen LogP contribution in [0.3, 0.4) is 0 Å². The van der Waals surface area contributed by atoms with Crippen LogP contribution in [0.1, 0.15) is 37.2 Å². The van der Waals surface area contributed by atoms with Crippen LogP contribution >= 0.6 is 0 Å². The van der Waals surface area contributed by atoms with Gasteiger partial charge in [0.25, 0.3) is 0 Å². The minimum absolute atomic E-state index is 0.326. The Morgan fingerprint density at radius 3 is 2.71 bits per heavy atom. The van der Waals surface area contributed by atoms with Gasteiger partial charge in [-0.15, -0.1) is 0 Å². The summed E-state index contributed by atoms with van der Waals surface area (Å²) in [5.74, 6) is 0.754. The summed E-state index contributed by atoms with van der Waals surface area (Å²) in [6.45, 7) is 1.86. The number of hydrogen-bond donors (Lipinski definition) is 0. The van der Waals surface area contributed by atoms with Gasteiger partial charge in [0.1, 0.15) is 5.82 Å². The van der Waals surface area contributed by atoms with Gasteiger partial charge in [0.05, 0.1) is 17.2 Å². The van der Waals surface area contributed by atoms with Gasteiger partial charge in [0.2, 0.25) is 0 Å². The first kappa shape index (κ1) is 9.14. The maximum Gasteiger partial charge on any atom is 0.125 e. The quantitative estimate of drug-likeness (QED) is 0.676. The van der Waals surface area contributed by atoms with Gasteiger partial charge in [-0.3, -0.25) is 0 Å². The molecule has 1 fully saturated rings. The molecule has 1 aromatic rings. The summed E-state index contributed by atoms with van der Waals surface area (Å²) in [7, 11) is 0. The molecule has 1 saturated carbocycles. The summed E-state index contributed by atoms with van der Waals surface area (Å²) in [5.41, 5.74) is 0.582. The predicted molar refractivity (Wildman–Crippen MR) is 52.5 cm³/mol. The van der Waals surface area contributed by atoms with Crippen molar-refractivity contribution in [1.82, 2.24) is 9.97 Å². The third-order valence-corrected chi connectivity index (χ3v) is 2.94. The van der Waals surface area contributed by atoms with E-state index in [9.17, 15) is 5.26 Å². The monoisotopic (exact) mass is 187 g/mol. The third-order valence-electron chi connectivity index (χ3n) is 2.94. The van der Waals surface area contributed by atoms with Crippen molar-refractivity contribution in [3.05, 3.63) is 23.8 Å². The molecule has 1 heterocycles. The lowest BCUT2D eigenvalue weighted by molar-refractivity contribution is 0.550. The van der Waals surface area contributed by atoms with Gasteiger partial charge in [-0.05, 0) is 25.8 Å². The molecule has 72 valence electrons. The second kappa shape index (κ2) is 3.38. The number of nitrogens with zero attached hydrogens (tertiary/aromatic N) is 3. The lowest BCUT2D eigenvalue weighted by atomic mass is 9.84. The Morgan fingerprint density at radius 1 is 1.43 bits per heavy atom. The Bertz CT molecular complexity index is 372. The molecule has 0 N–H and O–H groups in total. The van der Waals surface area contributed by atoms with Gasteiger partial charge in [0, 0.05) is 6.20 Å². The molecule has 0 bridgehead atoms. The standard InChI is InChI=1S/C11H13N3/c1-9-13-7-4-10(14-9)11(8-12)5-2-3-6-11/h4,7H,2-3,5-6H2,1H3. The van der Waals surface area contributed by atoms with Gasteiger partial charge in [0.15, 0.2) is 0 Å². The number of rotatable bonds is 1. The van der Waals surface area contributed by atoms with Crippen molar-refractivity contribution in [1.29, 1.82) is 5.26 Å². The molecule has 1 aliphatic rings. The van der Waals surface area contributed by atoms with Crippen LogP contribution in [0.15, 0.2) is 12.3 Å². The molecule has 0 aliphatic heterocycles. The van der Waals surface area contributed by atoms with Crippen LogP contribution < -0.4 is 0 Å². The smallest absolute Gasteiger partial charge is 0.125 e. The summed E-state index contributed by atoms with van der Waals surface area (Å²) < 4.78 is 0. The zero-order valence-electron chi connectivity index (χ0n) is 8.32. The Kier molecular flexibility index (Phi) is 2.20. The number of nitriles is 1. The average Bonchev–Trinajstić information content (AvgIpc) is 2.67. The molecule has 14 heavy (non-hydrogen) atoms. The van der Waals surface area contributed by atoms with E-state index in [1.54, 1.807) is 6.20 Å². The molecule has 0 amide bonds. The lowest BCUT2D eigenvalue weighted by Gasteiger charge is -2.19. The highest BCUT2D eigenvalue weighted by atomic mass is 14.9. The van der Waals surface area contributed by atoms with Crippen molar-refractivity contribution < 1.29 is 0 Å². The number of hydrogen-bond acceptors (Lipinski definition) is 3. The van der Waals surface area contributed by atoms with Crippen molar-refractivity contribution in [2.75, 3.05) is 0 Å². The summed E-state index contributed by atoms with van der Waals surface area (Å²) in [6.07, 6.45) is 5.90. The normalized spacial score (nSPS) is 19.1. The lowest BCUT2D eigenvalue weighted by Crippen LogP contribution is -2.21. The molecular weight excluding hydrogens is 174 g/mol.